The van der Waals surface area contributed by atoms with Crippen LogP contribution in [0.3, 0.4) is 0 Å². The van der Waals surface area contributed by atoms with Crippen LogP contribution in [-0.4, -0.2) is 38.5 Å². The van der Waals surface area contributed by atoms with Crippen molar-refractivity contribution in [3.8, 4) is 17.1 Å². The van der Waals surface area contributed by atoms with E-state index < -0.39 is 0 Å². The van der Waals surface area contributed by atoms with E-state index in [0.717, 1.165) is 17.1 Å². The number of methoxy groups -OCH3 is 1. The van der Waals surface area contributed by atoms with Gasteiger partial charge in [-0.2, -0.15) is 0 Å². The van der Waals surface area contributed by atoms with Crippen LogP contribution >= 0.6 is 23.4 Å². The van der Waals surface area contributed by atoms with Crippen molar-refractivity contribution >= 4 is 35.0 Å². The summed E-state index contributed by atoms with van der Waals surface area (Å²) in [6.07, 6.45) is 1.57. The molecule has 0 radical (unpaired) electrons. The van der Waals surface area contributed by atoms with E-state index in [4.69, 9.17) is 16.3 Å². The average Bonchev–Trinajstić information content (AvgIpc) is 3.12. The predicted molar refractivity (Wildman–Crippen MR) is 111 cm³/mol. The lowest BCUT2D eigenvalue weighted by molar-refractivity contribution is -0.113. The van der Waals surface area contributed by atoms with Crippen LogP contribution in [0.2, 0.25) is 5.15 Å². The lowest BCUT2D eigenvalue weighted by Gasteiger charge is -2.14. The highest BCUT2D eigenvalue weighted by Gasteiger charge is 2.18. The fraction of sp³-hybridized carbons (Fsp3) is 0.263. The zero-order chi connectivity index (χ0) is 20.1. The summed E-state index contributed by atoms with van der Waals surface area (Å²) in [6.45, 7) is 4.10. The molecule has 0 unspecified atom stereocenters. The van der Waals surface area contributed by atoms with Gasteiger partial charge in [0.2, 0.25) is 5.91 Å². The first-order valence-electron chi connectivity index (χ1n) is 8.62. The summed E-state index contributed by atoms with van der Waals surface area (Å²) in [4.78, 5) is 16.2. The zero-order valence-electron chi connectivity index (χ0n) is 15.7. The molecule has 0 aliphatic heterocycles. The zero-order valence-corrected chi connectivity index (χ0v) is 17.3. The molecule has 1 aromatic carbocycles. The van der Waals surface area contributed by atoms with E-state index in [0.29, 0.717) is 10.8 Å². The number of nitrogens with zero attached hydrogens (tertiary/aromatic N) is 4. The van der Waals surface area contributed by atoms with Gasteiger partial charge >= 0.3 is 0 Å². The van der Waals surface area contributed by atoms with Gasteiger partial charge in [-0.05, 0) is 50.2 Å². The van der Waals surface area contributed by atoms with Gasteiger partial charge in [0, 0.05) is 17.8 Å². The molecule has 0 bridgehead atoms. The third-order valence-corrected chi connectivity index (χ3v) is 5.14. The largest absolute Gasteiger partial charge is 0.497 e. The first kappa shape index (κ1) is 20.2. The molecule has 3 rings (SSSR count). The topological polar surface area (TPSA) is 81.9 Å². The fourth-order valence-corrected chi connectivity index (χ4v) is 3.61. The highest BCUT2D eigenvalue weighted by molar-refractivity contribution is 7.99. The maximum Gasteiger partial charge on any atom is 0.234 e. The van der Waals surface area contributed by atoms with Crippen molar-refractivity contribution in [3.05, 3.63) is 47.7 Å². The number of halogens is 1. The SMILES string of the molecule is COc1ccc(-c2nnc(SCC(=O)Nc3cccnc3Cl)n2C(C)C)cc1. The number of carbonyl (C=O) groups is 1. The Bertz CT molecular complexity index is 959. The van der Waals surface area contributed by atoms with E-state index in [1.807, 2.05) is 28.8 Å². The van der Waals surface area contributed by atoms with Gasteiger partial charge in [-0.3, -0.25) is 9.36 Å². The Hall–Kier alpha value is -2.58. The van der Waals surface area contributed by atoms with Gasteiger partial charge in [0.1, 0.15) is 5.75 Å². The summed E-state index contributed by atoms with van der Waals surface area (Å²) in [7, 11) is 1.63. The molecule has 1 N–H and O–H groups in total. The Labute approximate surface area is 172 Å². The number of hydrogen-bond donors (Lipinski definition) is 1. The number of pyridine rings is 1. The summed E-state index contributed by atoms with van der Waals surface area (Å²) in [5.74, 6) is 1.51. The summed E-state index contributed by atoms with van der Waals surface area (Å²) in [6, 6.07) is 11.2. The van der Waals surface area contributed by atoms with Crippen molar-refractivity contribution < 1.29 is 9.53 Å². The van der Waals surface area contributed by atoms with Crippen LogP contribution in [0.1, 0.15) is 19.9 Å². The maximum atomic E-state index is 12.3. The van der Waals surface area contributed by atoms with Gasteiger partial charge in [-0.25, -0.2) is 4.98 Å². The number of nitrogens with one attached hydrogen (secondary N) is 1. The number of benzene rings is 1. The molecular weight excluding hydrogens is 398 g/mol. The second-order valence-electron chi connectivity index (χ2n) is 6.18. The Morgan fingerprint density at radius 1 is 1.25 bits per heavy atom. The molecule has 0 spiro atoms. The van der Waals surface area contributed by atoms with E-state index >= 15 is 0 Å². The molecule has 1 amide bonds. The second-order valence-corrected chi connectivity index (χ2v) is 7.48. The van der Waals surface area contributed by atoms with Crippen LogP contribution in [0.4, 0.5) is 5.69 Å². The first-order valence-corrected chi connectivity index (χ1v) is 9.98. The van der Waals surface area contributed by atoms with Gasteiger partial charge in [-0.15, -0.1) is 10.2 Å². The molecule has 0 aliphatic rings. The normalized spacial score (nSPS) is 10.9. The highest BCUT2D eigenvalue weighted by Crippen LogP contribution is 2.29. The van der Waals surface area contributed by atoms with Crippen molar-refractivity contribution in [2.24, 2.45) is 0 Å². The Morgan fingerprint density at radius 2 is 2.00 bits per heavy atom. The van der Waals surface area contributed by atoms with Crippen molar-refractivity contribution in [1.29, 1.82) is 0 Å². The van der Waals surface area contributed by atoms with Crippen LogP contribution in [0.5, 0.6) is 5.75 Å². The maximum absolute atomic E-state index is 12.3. The van der Waals surface area contributed by atoms with Gasteiger partial charge in [0.25, 0.3) is 0 Å². The monoisotopic (exact) mass is 417 g/mol. The predicted octanol–water partition coefficient (Wildman–Crippen LogP) is 4.31. The van der Waals surface area contributed by atoms with Crippen molar-refractivity contribution in [2.75, 3.05) is 18.2 Å². The first-order chi connectivity index (χ1) is 13.5. The number of anilines is 1. The van der Waals surface area contributed by atoms with Gasteiger partial charge in [0.15, 0.2) is 16.1 Å². The van der Waals surface area contributed by atoms with Crippen molar-refractivity contribution in [1.82, 2.24) is 19.7 Å². The minimum Gasteiger partial charge on any atom is -0.497 e. The highest BCUT2D eigenvalue weighted by atomic mass is 35.5. The summed E-state index contributed by atoms with van der Waals surface area (Å²) in [5, 5.41) is 12.3. The molecule has 0 fully saturated rings. The third kappa shape index (κ3) is 4.63. The second kappa shape index (κ2) is 9.07. The molecular formula is C19H20ClN5O2S. The number of hydrogen-bond acceptors (Lipinski definition) is 6. The number of amides is 1. The molecule has 0 aliphatic carbocycles. The standard InChI is InChI=1S/C19H20ClN5O2S/c1-12(2)25-18(13-6-8-14(27-3)9-7-13)23-24-19(25)28-11-16(26)22-15-5-4-10-21-17(15)20/h4-10,12H,11H2,1-3H3,(H,22,26). The van der Waals surface area contributed by atoms with Crippen LogP contribution in [0.25, 0.3) is 11.4 Å². The Morgan fingerprint density at radius 3 is 2.64 bits per heavy atom. The van der Waals surface area contributed by atoms with Crippen molar-refractivity contribution in [2.45, 2.75) is 25.0 Å². The molecule has 2 heterocycles. The van der Waals surface area contributed by atoms with Crippen LogP contribution in [0, 0.1) is 0 Å². The van der Waals surface area contributed by atoms with E-state index in [9.17, 15) is 4.79 Å². The minimum atomic E-state index is -0.191. The Kier molecular flexibility index (Phi) is 6.53. The van der Waals surface area contributed by atoms with Gasteiger partial charge in [-0.1, -0.05) is 23.4 Å². The Balaban J connectivity index is 1.74. The number of ether oxygens (including phenoxy) is 1. The van der Waals surface area contributed by atoms with E-state index in [-0.39, 0.29) is 22.9 Å². The lowest BCUT2D eigenvalue weighted by atomic mass is 10.2. The van der Waals surface area contributed by atoms with Crippen LogP contribution in [0.15, 0.2) is 47.8 Å². The van der Waals surface area contributed by atoms with E-state index in [1.54, 1.807) is 25.4 Å². The molecule has 0 saturated heterocycles. The average molecular weight is 418 g/mol. The van der Waals surface area contributed by atoms with Gasteiger partial charge in [0.05, 0.1) is 18.6 Å². The van der Waals surface area contributed by atoms with Crippen molar-refractivity contribution in [3.63, 3.8) is 0 Å². The van der Waals surface area contributed by atoms with E-state index in [1.165, 1.54) is 11.8 Å². The molecule has 146 valence electrons. The van der Waals surface area contributed by atoms with Crippen LogP contribution in [-0.2, 0) is 4.79 Å². The third-order valence-electron chi connectivity index (χ3n) is 3.89. The quantitative estimate of drug-likeness (QED) is 0.455. The molecule has 7 nitrogen and oxygen atoms in total. The van der Waals surface area contributed by atoms with Crippen LogP contribution < -0.4 is 10.1 Å². The summed E-state index contributed by atoms with van der Waals surface area (Å²) in [5.41, 5.74) is 1.42. The fourth-order valence-electron chi connectivity index (χ4n) is 2.57. The number of aromatic nitrogens is 4. The lowest BCUT2D eigenvalue weighted by Crippen LogP contribution is -2.15. The minimum absolute atomic E-state index is 0.130. The number of thioether (sulfide) groups is 1. The molecule has 3 aromatic rings. The molecule has 0 saturated carbocycles. The molecule has 28 heavy (non-hydrogen) atoms. The summed E-state index contributed by atoms with van der Waals surface area (Å²) < 4.78 is 7.22. The number of carbonyl (C=O) groups excluding carboxylic acids is 1. The molecule has 9 heteroatoms. The summed E-state index contributed by atoms with van der Waals surface area (Å²) >= 11 is 7.30. The van der Waals surface area contributed by atoms with Gasteiger partial charge < -0.3 is 10.1 Å². The smallest absolute Gasteiger partial charge is 0.234 e. The number of rotatable bonds is 7. The van der Waals surface area contributed by atoms with E-state index in [2.05, 4.69) is 34.3 Å². The molecule has 2 aromatic heterocycles. The molecule has 0 atom stereocenters.